The molecule has 0 saturated heterocycles. The van der Waals surface area contributed by atoms with Crippen LogP contribution >= 0.6 is 23.2 Å². The fourth-order valence-corrected chi connectivity index (χ4v) is 4.76. The van der Waals surface area contributed by atoms with Crippen LogP contribution in [0, 0.1) is 6.92 Å². The fourth-order valence-electron chi connectivity index (χ4n) is 3.05. The van der Waals surface area contributed by atoms with Gasteiger partial charge < -0.3 is 9.88 Å². The molecule has 3 rings (SSSR count). The van der Waals surface area contributed by atoms with Gasteiger partial charge in [0.2, 0.25) is 15.9 Å². The Hall–Kier alpha value is -2.39. The van der Waals surface area contributed by atoms with Crippen molar-refractivity contribution in [2.24, 2.45) is 0 Å². The van der Waals surface area contributed by atoms with Crippen LogP contribution in [0.2, 0.25) is 10.0 Å². The molecule has 1 heterocycles. The number of sulfonamides is 1. The van der Waals surface area contributed by atoms with Gasteiger partial charge in [0.05, 0.1) is 27.8 Å². The maximum Gasteiger partial charge on any atom is 0.243 e. The average Bonchev–Trinajstić information content (AvgIpc) is 3.27. The van der Waals surface area contributed by atoms with Crippen molar-refractivity contribution in [1.82, 2.24) is 19.2 Å². The maximum atomic E-state index is 13.3. The number of halogens is 2. The molecule has 0 saturated carbocycles. The van der Waals surface area contributed by atoms with Crippen LogP contribution in [0.25, 0.3) is 0 Å². The van der Waals surface area contributed by atoms with Crippen molar-refractivity contribution in [3.05, 3.63) is 82.4 Å². The average molecular weight is 495 g/mol. The number of hydrogen-bond donors (Lipinski definition) is 1. The molecule has 1 amide bonds. The predicted octanol–water partition coefficient (Wildman–Crippen LogP) is 3.90. The lowest BCUT2D eigenvalue weighted by Crippen LogP contribution is -2.40. The third-order valence-electron chi connectivity index (χ3n) is 4.80. The van der Waals surface area contributed by atoms with E-state index in [4.69, 9.17) is 23.2 Å². The normalized spacial score (nSPS) is 11.6. The number of nitrogens with zero attached hydrogens (tertiary/aromatic N) is 3. The van der Waals surface area contributed by atoms with Gasteiger partial charge >= 0.3 is 0 Å². The first kappa shape index (κ1) is 24.3. The van der Waals surface area contributed by atoms with E-state index in [-0.39, 0.29) is 23.9 Å². The van der Waals surface area contributed by atoms with Gasteiger partial charge in [-0.2, -0.15) is 4.31 Å². The number of carbonyl (C=O) groups excluding carboxylic acids is 1. The summed E-state index contributed by atoms with van der Waals surface area (Å²) in [7, 11) is -3.92. The molecule has 0 atom stereocenters. The van der Waals surface area contributed by atoms with E-state index in [1.807, 2.05) is 17.7 Å². The maximum absolute atomic E-state index is 13.3. The summed E-state index contributed by atoms with van der Waals surface area (Å²) in [6.45, 7) is 2.66. The Labute approximate surface area is 198 Å². The summed E-state index contributed by atoms with van der Waals surface area (Å²) in [6, 6.07) is 11.4. The van der Waals surface area contributed by atoms with Crippen molar-refractivity contribution in [3.63, 3.8) is 0 Å². The van der Waals surface area contributed by atoms with Gasteiger partial charge in [0.15, 0.2) is 0 Å². The fraction of sp³-hybridized carbons (Fsp3) is 0.273. The van der Waals surface area contributed by atoms with Crippen LogP contribution in [-0.4, -0.2) is 41.3 Å². The number of benzene rings is 2. The first-order valence-electron chi connectivity index (χ1n) is 9.99. The summed E-state index contributed by atoms with van der Waals surface area (Å²) < 4.78 is 29.6. The van der Waals surface area contributed by atoms with Gasteiger partial charge in [-0.1, -0.05) is 47.0 Å². The molecule has 0 unspecified atom stereocenters. The Morgan fingerprint density at radius 2 is 1.88 bits per heavy atom. The van der Waals surface area contributed by atoms with Crippen molar-refractivity contribution < 1.29 is 13.2 Å². The highest BCUT2D eigenvalue weighted by atomic mass is 35.5. The summed E-state index contributed by atoms with van der Waals surface area (Å²) in [5.41, 5.74) is 1.57. The largest absolute Gasteiger partial charge is 0.355 e. The van der Waals surface area contributed by atoms with Crippen LogP contribution < -0.4 is 5.32 Å². The van der Waals surface area contributed by atoms with Crippen molar-refractivity contribution in [1.29, 1.82) is 0 Å². The van der Waals surface area contributed by atoms with Crippen molar-refractivity contribution in [2.45, 2.75) is 31.3 Å². The minimum Gasteiger partial charge on any atom is -0.355 e. The Balaban J connectivity index is 1.72. The second-order valence-electron chi connectivity index (χ2n) is 7.34. The van der Waals surface area contributed by atoms with Gasteiger partial charge in [-0.25, -0.2) is 13.4 Å². The molecule has 3 aromatic rings. The minimum atomic E-state index is -3.92. The zero-order chi connectivity index (χ0) is 23.1. The number of aromatic nitrogens is 2. The summed E-state index contributed by atoms with van der Waals surface area (Å²) in [4.78, 5) is 16.7. The molecule has 32 heavy (non-hydrogen) atoms. The molecule has 1 N–H and O–H groups in total. The zero-order valence-electron chi connectivity index (χ0n) is 17.5. The molecule has 0 aliphatic heterocycles. The van der Waals surface area contributed by atoms with E-state index in [1.54, 1.807) is 42.9 Å². The van der Waals surface area contributed by atoms with E-state index in [2.05, 4.69) is 10.3 Å². The highest BCUT2D eigenvalue weighted by molar-refractivity contribution is 7.89. The van der Waals surface area contributed by atoms with Gasteiger partial charge in [-0.3, -0.25) is 4.79 Å². The Morgan fingerprint density at radius 3 is 2.53 bits per heavy atom. The van der Waals surface area contributed by atoms with Crippen molar-refractivity contribution >= 4 is 39.1 Å². The number of amides is 1. The first-order chi connectivity index (χ1) is 15.3. The summed E-state index contributed by atoms with van der Waals surface area (Å²) in [5, 5.41) is 3.48. The summed E-state index contributed by atoms with van der Waals surface area (Å²) in [5.74, 6) is -0.383. The predicted molar refractivity (Wildman–Crippen MR) is 125 cm³/mol. The van der Waals surface area contributed by atoms with Crippen LogP contribution in [-0.2, 0) is 27.9 Å². The molecule has 0 fully saturated rings. The summed E-state index contributed by atoms with van der Waals surface area (Å²) in [6.07, 6.45) is 5.93. The molecule has 0 aliphatic carbocycles. The zero-order valence-corrected chi connectivity index (χ0v) is 19.9. The molecule has 2 aromatic carbocycles. The quantitative estimate of drug-likeness (QED) is 0.433. The van der Waals surface area contributed by atoms with E-state index in [0.29, 0.717) is 35.1 Å². The Kier molecular flexibility index (Phi) is 8.31. The van der Waals surface area contributed by atoms with Crippen molar-refractivity contribution in [3.8, 4) is 0 Å². The number of nitrogens with one attached hydrogen (secondary N) is 1. The number of rotatable bonds is 10. The molecule has 0 aliphatic rings. The standard InChI is InChI=1S/C22H24Cl2N4O3S/c1-17-3-6-19(7-4-17)32(30,31)28(14-18-5-8-20(23)21(24)13-18)15-22(29)26-9-2-11-27-12-10-25-16-27/h3-8,10,12-13,16H,2,9,11,14-15H2,1H3,(H,26,29). The lowest BCUT2D eigenvalue weighted by Gasteiger charge is -2.22. The van der Waals surface area contributed by atoms with E-state index < -0.39 is 10.0 Å². The summed E-state index contributed by atoms with van der Waals surface area (Å²) >= 11 is 12.1. The topological polar surface area (TPSA) is 84.3 Å². The van der Waals surface area contributed by atoms with Gasteiger partial charge in [-0.05, 0) is 43.2 Å². The lowest BCUT2D eigenvalue weighted by atomic mass is 10.2. The highest BCUT2D eigenvalue weighted by Gasteiger charge is 2.27. The lowest BCUT2D eigenvalue weighted by molar-refractivity contribution is -0.121. The smallest absolute Gasteiger partial charge is 0.243 e. The first-order valence-corrected chi connectivity index (χ1v) is 12.2. The SMILES string of the molecule is Cc1ccc(S(=O)(=O)N(CC(=O)NCCCn2ccnc2)Cc2ccc(Cl)c(Cl)c2)cc1. The molecule has 0 spiro atoms. The van der Waals surface area contributed by atoms with E-state index in [0.717, 1.165) is 9.87 Å². The molecule has 170 valence electrons. The Morgan fingerprint density at radius 1 is 1.12 bits per heavy atom. The number of imidazole rings is 1. The number of carbonyl (C=O) groups is 1. The molecule has 0 bridgehead atoms. The number of aryl methyl sites for hydroxylation is 2. The molecule has 1 aromatic heterocycles. The number of hydrogen-bond acceptors (Lipinski definition) is 4. The third-order valence-corrected chi connectivity index (χ3v) is 7.34. The van der Waals surface area contributed by atoms with E-state index >= 15 is 0 Å². The van der Waals surface area contributed by atoms with Crippen LogP contribution in [0.1, 0.15) is 17.5 Å². The van der Waals surface area contributed by atoms with Crippen molar-refractivity contribution in [2.75, 3.05) is 13.1 Å². The second-order valence-corrected chi connectivity index (χ2v) is 10.1. The van der Waals surface area contributed by atoms with Crippen LogP contribution in [0.5, 0.6) is 0 Å². The minimum absolute atomic E-state index is 0.0183. The van der Waals surface area contributed by atoms with E-state index in [1.165, 1.54) is 12.1 Å². The second kappa shape index (κ2) is 11.0. The molecule has 7 nitrogen and oxygen atoms in total. The Bertz CT molecular complexity index is 1150. The van der Waals surface area contributed by atoms with Gasteiger partial charge in [0.25, 0.3) is 0 Å². The van der Waals surface area contributed by atoms with E-state index in [9.17, 15) is 13.2 Å². The van der Waals surface area contributed by atoms with Gasteiger partial charge in [0.1, 0.15) is 0 Å². The molecule has 0 radical (unpaired) electrons. The van der Waals surface area contributed by atoms with Crippen LogP contribution in [0.15, 0.2) is 66.1 Å². The highest BCUT2D eigenvalue weighted by Crippen LogP contribution is 2.25. The monoisotopic (exact) mass is 494 g/mol. The third kappa shape index (κ3) is 6.56. The van der Waals surface area contributed by atoms with Gasteiger partial charge in [-0.15, -0.1) is 0 Å². The van der Waals surface area contributed by atoms with Crippen LogP contribution in [0.4, 0.5) is 0 Å². The van der Waals surface area contributed by atoms with Gasteiger partial charge in [0, 0.05) is 32.0 Å². The van der Waals surface area contributed by atoms with Crippen LogP contribution in [0.3, 0.4) is 0 Å². The molecule has 10 heteroatoms. The molecular weight excluding hydrogens is 471 g/mol. The molecular formula is C22H24Cl2N4O3S.